The fraction of sp³-hybridized carbons (Fsp3) is 0.526. The van der Waals surface area contributed by atoms with E-state index in [0.29, 0.717) is 19.0 Å². The molecular weight excluding hydrogens is 544 g/mol. The van der Waals surface area contributed by atoms with Crippen LogP contribution in [0.4, 0.5) is 13.2 Å². The summed E-state index contributed by atoms with van der Waals surface area (Å²) in [4.78, 5) is 4.57. The minimum atomic E-state index is -4.35. The van der Waals surface area contributed by atoms with Crippen molar-refractivity contribution in [3.8, 4) is 5.75 Å². The van der Waals surface area contributed by atoms with E-state index in [0.717, 1.165) is 35.9 Å². The first-order valence-electron chi connectivity index (χ1n) is 9.43. The second kappa shape index (κ2) is 13.7. The first-order valence-corrected chi connectivity index (χ1v) is 10.8. The lowest BCUT2D eigenvalue weighted by molar-refractivity contribution is -0.153. The summed E-state index contributed by atoms with van der Waals surface area (Å²) in [6, 6.07) is 6.43. The average Bonchev–Trinajstić information content (AvgIpc) is 3.03. The van der Waals surface area contributed by atoms with Crippen LogP contribution in [0.15, 0.2) is 29.3 Å². The molecule has 0 radical (unpaired) electrons. The second-order valence-electron chi connectivity index (χ2n) is 6.56. The quantitative estimate of drug-likeness (QED) is 0.196. The number of aromatic nitrogens is 3. The van der Waals surface area contributed by atoms with Gasteiger partial charge >= 0.3 is 6.18 Å². The number of thioether (sulfide) groups is 1. The van der Waals surface area contributed by atoms with Crippen LogP contribution < -0.4 is 15.4 Å². The molecule has 0 amide bonds. The van der Waals surface area contributed by atoms with Gasteiger partial charge in [-0.3, -0.25) is 0 Å². The summed E-state index contributed by atoms with van der Waals surface area (Å²) < 4.78 is 43.3. The molecule has 0 atom stereocenters. The molecule has 0 aliphatic rings. The van der Waals surface area contributed by atoms with Crippen LogP contribution in [0.5, 0.6) is 5.75 Å². The van der Waals surface area contributed by atoms with Crippen molar-refractivity contribution < 1.29 is 17.9 Å². The Morgan fingerprint density at radius 1 is 1.19 bits per heavy atom. The number of nitrogens with zero attached hydrogens (tertiary/aromatic N) is 4. The number of guanidine groups is 1. The molecule has 2 aromatic rings. The Balaban J connectivity index is 0.00000480. The zero-order valence-electron chi connectivity index (χ0n) is 17.7. The van der Waals surface area contributed by atoms with Gasteiger partial charge in [-0.2, -0.15) is 24.9 Å². The summed E-state index contributed by atoms with van der Waals surface area (Å²) in [6.07, 6.45) is -1.30. The van der Waals surface area contributed by atoms with Crippen LogP contribution in [0, 0.1) is 6.92 Å². The molecule has 1 heterocycles. The minimum absolute atomic E-state index is 0. The maximum atomic E-state index is 12.2. The Morgan fingerprint density at radius 3 is 2.48 bits per heavy atom. The highest BCUT2D eigenvalue weighted by Crippen LogP contribution is 2.19. The fourth-order valence-corrected chi connectivity index (χ4v) is 2.82. The molecule has 12 heteroatoms. The van der Waals surface area contributed by atoms with Gasteiger partial charge in [0, 0.05) is 13.6 Å². The number of ether oxygens (including phenoxy) is 1. The van der Waals surface area contributed by atoms with Gasteiger partial charge < -0.3 is 19.9 Å². The maximum Gasteiger partial charge on any atom is 0.422 e. The molecule has 0 saturated carbocycles. The van der Waals surface area contributed by atoms with E-state index in [2.05, 4.69) is 32.1 Å². The number of alkyl halides is 3. The standard InChI is InChI=1S/C19H27F3N6OS.HI/c1-14-26-27-17(28(14)2)12-25-18(23-9-4-10-30-3)24-11-15-5-7-16(8-6-15)29-13-19(20,21)22;/h5-8H,4,9-13H2,1-3H3,(H2,23,24,25);1H. The van der Waals surface area contributed by atoms with Crippen molar-refractivity contribution >= 4 is 41.7 Å². The summed E-state index contributed by atoms with van der Waals surface area (Å²) in [5, 5.41) is 14.7. The normalized spacial score (nSPS) is 11.7. The number of halogens is 4. The highest BCUT2D eigenvalue weighted by molar-refractivity contribution is 14.0. The van der Waals surface area contributed by atoms with Gasteiger partial charge in [0.05, 0.1) is 13.1 Å². The summed E-state index contributed by atoms with van der Waals surface area (Å²) in [7, 11) is 1.90. The third kappa shape index (κ3) is 10.4. The minimum Gasteiger partial charge on any atom is -0.484 e. The smallest absolute Gasteiger partial charge is 0.422 e. The number of benzene rings is 1. The highest BCUT2D eigenvalue weighted by Gasteiger charge is 2.28. The van der Waals surface area contributed by atoms with Gasteiger partial charge in [0.1, 0.15) is 11.6 Å². The van der Waals surface area contributed by atoms with Crippen LogP contribution in [0.2, 0.25) is 0 Å². The molecule has 174 valence electrons. The van der Waals surface area contributed by atoms with E-state index in [1.807, 2.05) is 18.5 Å². The molecule has 7 nitrogen and oxygen atoms in total. The third-order valence-electron chi connectivity index (χ3n) is 4.16. The van der Waals surface area contributed by atoms with Crippen LogP contribution in [0.3, 0.4) is 0 Å². The highest BCUT2D eigenvalue weighted by atomic mass is 127. The number of hydrogen-bond acceptors (Lipinski definition) is 5. The first kappa shape index (κ1) is 27.3. The van der Waals surface area contributed by atoms with Crippen LogP contribution in [0.25, 0.3) is 0 Å². The van der Waals surface area contributed by atoms with Gasteiger partial charge in [-0.15, -0.1) is 34.2 Å². The van der Waals surface area contributed by atoms with E-state index in [1.165, 1.54) is 12.1 Å². The molecule has 0 unspecified atom stereocenters. The fourth-order valence-electron chi connectivity index (χ4n) is 2.39. The number of aliphatic imine (C=N–C) groups is 1. The maximum absolute atomic E-state index is 12.2. The van der Waals surface area contributed by atoms with Crippen molar-refractivity contribution in [1.82, 2.24) is 25.4 Å². The van der Waals surface area contributed by atoms with Crippen molar-refractivity contribution in [2.24, 2.45) is 12.0 Å². The van der Waals surface area contributed by atoms with Crippen LogP contribution in [-0.4, -0.2) is 52.1 Å². The zero-order chi connectivity index (χ0) is 22.0. The van der Waals surface area contributed by atoms with E-state index >= 15 is 0 Å². The van der Waals surface area contributed by atoms with Crippen LogP contribution in [0.1, 0.15) is 23.6 Å². The third-order valence-corrected chi connectivity index (χ3v) is 4.86. The largest absolute Gasteiger partial charge is 0.484 e. The molecule has 1 aromatic carbocycles. The molecule has 0 fully saturated rings. The molecule has 0 aliphatic heterocycles. The Kier molecular flexibility index (Phi) is 12.0. The SMILES string of the molecule is CSCCCNC(=NCc1ccc(OCC(F)(F)F)cc1)NCc1nnc(C)n1C.I. The summed E-state index contributed by atoms with van der Waals surface area (Å²) in [5.74, 6) is 3.46. The molecule has 0 aliphatic carbocycles. The number of hydrogen-bond donors (Lipinski definition) is 2. The van der Waals surface area contributed by atoms with Crippen molar-refractivity contribution in [2.45, 2.75) is 32.6 Å². The van der Waals surface area contributed by atoms with E-state index in [-0.39, 0.29) is 29.7 Å². The van der Waals surface area contributed by atoms with Gasteiger partial charge in [-0.05, 0) is 43.0 Å². The Labute approximate surface area is 201 Å². The lowest BCUT2D eigenvalue weighted by atomic mass is 10.2. The van der Waals surface area contributed by atoms with Gasteiger partial charge in [0.25, 0.3) is 0 Å². The second-order valence-corrected chi connectivity index (χ2v) is 7.55. The van der Waals surface area contributed by atoms with Crippen molar-refractivity contribution in [3.05, 3.63) is 41.5 Å². The van der Waals surface area contributed by atoms with E-state index < -0.39 is 12.8 Å². The topological polar surface area (TPSA) is 76.4 Å². The van der Waals surface area contributed by atoms with Gasteiger partial charge in [-0.25, -0.2) is 4.99 Å². The zero-order valence-corrected chi connectivity index (χ0v) is 20.8. The first-order chi connectivity index (χ1) is 14.3. The van der Waals surface area contributed by atoms with E-state index in [1.54, 1.807) is 23.9 Å². The Morgan fingerprint density at radius 2 is 1.90 bits per heavy atom. The van der Waals surface area contributed by atoms with E-state index in [9.17, 15) is 13.2 Å². The Hall–Kier alpha value is -1.70. The molecule has 2 N–H and O–H groups in total. The molecule has 0 spiro atoms. The van der Waals surface area contributed by atoms with Crippen molar-refractivity contribution in [1.29, 1.82) is 0 Å². The monoisotopic (exact) mass is 572 g/mol. The lowest BCUT2D eigenvalue weighted by Gasteiger charge is -2.13. The Bertz CT molecular complexity index is 814. The molecule has 2 rings (SSSR count). The predicted octanol–water partition coefficient (Wildman–Crippen LogP) is 3.67. The molecule has 0 bridgehead atoms. The number of aryl methyl sites for hydroxylation is 1. The summed E-state index contributed by atoms with van der Waals surface area (Å²) >= 11 is 1.78. The van der Waals surface area contributed by atoms with Crippen molar-refractivity contribution in [3.63, 3.8) is 0 Å². The average molecular weight is 572 g/mol. The number of rotatable bonds is 10. The van der Waals surface area contributed by atoms with Crippen molar-refractivity contribution in [2.75, 3.05) is 25.2 Å². The lowest BCUT2D eigenvalue weighted by Crippen LogP contribution is -2.38. The predicted molar refractivity (Wildman–Crippen MR) is 128 cm³/mol. The molecule has 1 aromatic heterocycles. The number of nitrogens with one attached hydrogen (secondary N) is 2. The van der Waals surface area contributed by atoms with Crippen LogP contribution >= 0.6 is 35.7 Å². The summed E-state index contributed by atoms with van der Waals surface area (Å²) in [6.45, 7) is 2.19. The molecular formula is C19H28F3IN6OS. The van der Waals surface area contributed by atoms with Gasteiger partial charge in [0.2, 0.25) is 0 Å². The van der Waals surface area contributed by atoms with Gasteiger partial charge in [-0.1, -0.05) is 12.1 Å². The van der Waals surface area contributed by atoms with Crippen LogP contribution in [-0.2, 0) is 20.1 Å². The van der Waals surface area contributed by atoms with Gasteiger partial charge in [0.15, 0.2) is 18.4 Å². The van der Waals surface area contributed by atoms with E-state index in [4.69, 9.17) is 4.74 Å². The molecule has 31 heavy (non-hydrogen) atoms. The molecule has 0 saturated heterocycles. The summed E-state index contributed by atoms with van der Waals surface area (Å²) in [5.41, 5.74) is 0.856.